The molecule has 1 aromatic rings. The Morgan fingerprint density at radius 3 is 2.82 bits per heavy atom. The lowest BCUT2D eigenvalue weighted by Gasteiger charge is -2.15. The van der Waals surface area contributed by atoms with Gasteiger partial charge in [0.15, 0.2) is 0 Å². The predicted octanol–water partition coefficient (Wildman–Crippen LogP) is 1.08. The van der Waals surface area contributed by atoms with Crippen LogP contribution in [0.15, 0.2) is 40.4 Å². The van der Waals surface area contributed by atoms with Crippen molar-refractivity contribution in [3.8, 4) is 0 Å². The van der Waals surface area contributed by atoms with E-state index in [1.165, 1.54) is 12.0 Å². The van der Waals surface area contributed by atoms with Crippen molar-refractivity contribution in [2.24, 2.45) is 0 Å². The first kappa shape index (κ1) is 16.4. The molecule has 0 bridgehead atoms. The van der Waals surface area contributed by atoms with Crippen LogP contribution in [0.4, 0.5) is 5.69 Å². The average Bonchev–Trinajstić information content (AvgIpc) is 2.84. The minimum atomic E-state index is -0.544. The van der Waals surface area contributed by atoms with Crippen molar-refractivity contribution >= 4 is 29.3 Å². The number of hydrogen-bond acceptors (Lipinski definition) is 6. The van der Waals surface area contributed by atoms with E-state index in [0.717, 1.165) is 10.6 Å². The van der Waals surface area contributed by atoms with Gasteiger partial charge in [0.2, 0.25) is 0 Å². The molecule has 6 nitrogen and oxygen atoms in total. The molecule has 1 aliphatic heterocycles. The quantitative estimate of drug-likeness (QED) is 0.603. The van der Waals surface area contributed by atoms with Crippen LogP contribution in [0.1, 0.15) is 0 Å². The van der Waals surface area contributed by atoms with Gasteiger partial charge in [-0.3, -0.25) is 4.79 Å². The number of aliphatic hydroxyl groups is 1. The third-order valence-electron chi connectivity index (χ3n) is 3.32. The van der Waals surface area contributed by atoms with Gasteiger partial charge in [-0.15, -0.1) is 11.8 Å². The summed E-state index contributed by atoms with van der Waals surface area (Å²) < 4.78 is 4.75. The minimum Gasteiger partial charge on any atom is -0.466 e. The summed E-state index contributed by atoms with van der Waals surface area (Å²) in [6, 6.07) is 7.53. The molecule has 0 saturated heterocycles. The Labute approximate surface area is 133 Å². The molecule has 22 heavy (non-hydrogen) atoms. The molecular formula is C15H18N2O4S. The molecule has 0 aliphatic carbocycles. The fraction of sp³-hybridized carbons (Fsp3) is 0.333. The maximum Gasteiger partial charge on any atom is 0.337 e. The molecule has 1 amide bonds. The Morgan fingerprint density at radius 1 is 1.45 bits per heavy atom. The van der Waals surface area contributed by atoms with E-state index in [1.54, 1.807) is 11.8 Å². The summed E-state index contributed by atoms with van der Waals surface area (Å²) >= 11 is 1.54. The molecule has 7 heteroatoms. The highest BCUT2D eigenvalue weighted by atomic mass is 32.2. The van der Waals surface area contributed by atoms with Crippen LogP contribution in [0.25, 0.3) is 0 Å². The largest absolute Gasteiger partial charge is 0.466 e. The zero-order valence-corrected chi connectivity index (χ0v) is 13.3. The van der Waals surface area contributed by atoms with Crippen LogP contribution in [0.2, 0.25) is 0 Å². The summed E-state index contributed by atoms with van der Waals surface area (Å²) in [5.41, 5.74) is 1.24. The van der Waals surface area contributed by atoms with Gasteiger partial charge in [0.25, 0.3) is 5.91 Å². The van der Waals surface area contributed by atoms with Gasteiger partial charge in [-0.1, -0.05) is 12.1 Å². The van der Waals surface area contributed by atoms with Crippen LogP contribution in [0.5, 0.6) is 0 Å². The van der Waals surface area contributed by atoms with Crippen molar-refractivity contribution < 1.29 is 19.4 Å². The van der Waals surface area contributed by atoms with Crippen molar-refractivity contribution in [1.82, 2.24) is 4.90 Å². The normalized spacial score (nSPS) is 14.5. The molecule has 0 spiro atoms. The first-order valence-corrected chi connectivity index (χ1v) is 7.96. The number of nitrogens with one attached hydrogen (secondary N) is 1. The molecule has 0 fully saturated rings. The highest BCUT2D eigenvalue weighted by molar-refractivity contribution is 7.98. The number of hydrogen-bond donors (Lipinski definition) is 2. The maximum absolute atomic E-state index is 12.4. The van der Waals surface area contributed by atoms with E-state index in [2.05, 4.69) is 5.32 Å². The lowest BCUT2D eigenvalue weighted by molar-refractivity contribution is -0.136. The number of carbonyl (C=O) groups excluding carboxylic acids is 2. The van der Waals surface area contributed by atoms with Crippen molar-refractivity contribution in [1.29, 1.82) is 0 Å². The highest BCUT2D eigenvalue weighted by Crippen LogP contribution is 2.29. The second kappa shape index (κ2) is 7.33. The van der Waals surface area contributed by atoms with E-state index < -0.39 is 5.97 Å². The second-order valence-corrected chi connectivity index (χ2v) is 5.47. The molecule has 2 rings (SSSR count). The smallest absolute Gasteiger partial charge is 0.337 e. The predicted molar refractivity (Wildman–Crippen MR) is 84.6 cm³/mol. The van der Waals surface area contributed by atoms with Gasteiger partial charge in [0.1, 0.15) is 5.70 Å². The van der Waals surface area contributed by atoms with Crippen molar-refractivity contribution in [3.05, 3.63) is 35.5 Å². The summed E-state index contributed by atoms with van der Waals surface area (Å²) in [6.45, 7) is 0.152. The first-order valence-electron chi connectivity index (χ1n) is 6.74. The fourth-order valence-corrected chi connectivity index (χ4v) is 2.79. The molecule has 0 aromatic heterocycles. The van der Waals surface area contributed by atoms with E-state index in [-0.39, 0.29) is 36.9 Å². The van der Waals surface area contributed by atoms with E-state index in [9.17, 15) is 9.59 Å². The zero-order valence-electron chi connectivity index (χ0n) is 12.5. The van der Waals surface area contributed by atoms with Crippen LogP contribution in [0, 0.1) is 0 Å². The summed E-state index contributed by atoms with van der Waals surface area (Å²) in [7, 11) is 1.28. The third kappa shape index (κ3) is 3.26. The van der Waals surface area contributed by atoms with Crippen molar-refractivity contribution in [3.63, 3.8) is 0 Å². The Kier molecular flexibility index (Phi) is 5.46. The van der Waals surface area contributed by atoms with E-state index in [1.807, 2.05) is 30.5 Å². The van der Waals surface area contributed by atoms with Crippen molar-refractivity contribution in [2.45, 2.75) is 4.90 Å². The van der Waals surface area contributed by atoms with Gasteiger partial charge >= 0.3 is 5.97 Å². The molecule has 0 unspecified atom stereocenters. The molecule has 1 aromatic carbocycles. The van der Waals surface area contributed by atoms with E-state index in [0.29, 0.717) is 0 Å². The number of benzene rings is 1. The van der Waals surface area contributed by atoms with Crippen molar-refractivity contribution in [2.75, 3.05) is 38.4 Å². The van der Waals surface area contributed by atoms with Gasteiger partial charge in [-0.2, -0.15) is 0 Å². The molecule has 0 atom stereocenters. The Morgan fingerprint density at radius 2 is 2.18 bits per heavy atom. The molecule has 1 aliphatic rings. The number of β-amino-alcohol motifs (C(OH)–C–C–N with tert-alkyl or cyclic N) is 1. The van der Waals surface area contributed by atoms with Crippen LogP contribution < -0.4 is 5.32 Å². The SMILES string of the molecule is COC(=O)C1=C(Nc2ccccc2SC)C(=O)N(CCO)C1. The van der Waals surface area contributed by atoms with Gasteiger partial charge in [-0.05, 0) is 18.4 Å². The van der Waals surface area contributed by atoms with Gasteiger partial charge in [0.05, 0.1) is 31.5 Å². The Hall–Kier alpha value is -1.99. The van der Waals surface area contributed by atoms with Crippen LogP contribution in [-0.2, 0) is 14.3 Å². The van der Waals surface area contributed by atoms with Gasteiger partial charge in [-0.25, -0.2) is 4.79 Å². The lowest BCUT2D eigenvalue weighted by atomic mass is 10.2. The maximum atomic E-state index is 12.4. The number of aliphatic hydroxyl groups excluding tert-OH is 1. The van der Waals surface area contributed by atoms with Crippen LogP contribution >= 0.6 is 11.8 Å². The lowest BCUT2D eigenvalue weighted by Crippen LogP contribution is -2.31. The monoisotopic (exact) mass is 322 g/mol. The molecular weight excluding hydrogens is 304 g/mol. The number of carbonyl (C=O) groups is 2. The zero-order chi connectivity index (χ0) is 16.1. The number of thioether (sulfide) groups is 1. The number of methoxy groups -OCH3 is 1. The highest BCUT2D eigenvalue weighted by Gasteiger charge is 2.34. The Bertz CT molecular complexity index is 615. The van der Waals surface area contributed by atoms with Crippen LogP contribution in [-0.4, -0.2) is 54.9 Å². The average molecular weight is 322 g/mol. The topological polar surface area (TPSA) is 78.9 Å². The first-order chi connectivity index (χ1) is 10.6. The molecule has 0 saturated carbocycles. The molecule has 0 radical (unpaired) electrons. The summed E-state index contributed by atoms with van der Waals surface area (Å²) in [4.78, 5) is 26.7. The molecule has 118 valence electrons. The third-order valence-corrected chi connectivity index (χ3v) is 4.12. The van der Waals surface area contributed by atoms with E-state index in [4.69, 9.17) is 9.84 Å². The summed E-state index contributed by atoms with van der Waals surface area (Å²) in [5, 5.41) is 12.1. The van der Waals surface area contributed by atoms with E-state index >= 15 is 0 Å². The molecule has 2 N–H and O–H groups in total. The summed E-state index contributed by atoms with van der Waals surface area (Å²) in [6.07, 6.45) is 1.94. The fourth-order valence-electron chi connectivity index (χ4n) is 2.23. The summed E-state index contributed by atoms with van der Waals surface area (Å²) in [5.74, 6) is -0.858. The number of amides is 1. The minimum absolute atomic E-state index is 0.135. The molecule has 1 heterocycles. The van der Waals surface area contributed by atoms with Crippen LogP contribution in [0.3, 0.4) is 0 Å². The van der Waals surface area contributed by atoms with Gasteiger partial charge in [0, 0.05) is 11.4 Å². The standard InChI is InChI=1S/C15H18N2O4S/c1-21-15(20)10-9-17(7-8-18)14(19)13(10)16-11-5-3-4-6-12(11)22-2/h3-6,16,18H,7-9H2,1-2H3. The Balaban J connectivity index is 2.34. The van der Waals surface area contributed by atoms with Gasteiger partial charge < -0.3 is 20.1 Å². The number of esters is 1. The second-order valence-electron chi connectivity index (χ2n) is 4.62. The number of anilines is 1. The number of ether oxygens (including phenoxy) is 1. The number of nitrogens with zero attached hydrogens (tertiary/aromatic N) is 1. The number of rotatable bonds is 6. The number of para-hydroxylation sites is 1.